The number of benzene rings is 2. The molecule has 6 heteroatoms. The second kappa shape index (κ2) is 6.02. The normalized spacial score (nSPS) is 20.2. The lowest BCUT2D eigenvalue weighted by atomic mass is 9.97. The summed E-state index contributed by atoms with van der Waals surface area (Å²) in [6.45, 7) is 2.67. The number of fused-ring (bicyclic) bond motifs is 3. The van der Waals surface area contributed by atoms with Gasteiger partial charge in [-0.05, 0) is 54.3 Å². The molecule has 2 heterocycles. The van der Waals surface area contributed by atoms with Crippen LogP contribution in [0.5, 0.6) is 0 Å². The van der Waals surface area contributed by atoms with Crippen LogP contribution in [-0.4, -0.2) is 25.7 Å². The lowest BCUT2D eigenvalue weighted by molar-refractivity contribution is -0.137. The van der Waals surface area contributed by atoms with Gasteiger partial charge in [0.2, 0.25) is 0 Å². The molecule has 1 atom stereocenters. The van der Waals surface area contributed by atoms with Gasteiger partial charge in [0.25, 0.3) is 0 Å². The number of hydrogen-bond donors (Lipinski definition) is 1. The van der Waals surface area contributed by atoms with E-state index in [2.05, 4.69) is 10.2 Å². The Morgan fingerprint density at radius 3 is 2.68 bits per heavy atom. The Bertz CT molecular complexity index is 800. The third-order valence-corrected chi connectivity index (χ3v) is 5.07. The number of hydrogen-bond acceptors (Lipinski definition) is 2. The minimum atomic E-state index is -4.59. The molecule has 2 aromatic carbocycles. The largest absolute Gasteiger partial charge is 0.417 e. The quantitative estimate of drug-likeness (QED) is 0.774. The van der Waals surface area contributed by atoms with Gasteiger partial charge in [-0.3, -0.25) is 0 Å². The van der Waals surface area contributed by atoms with Crippen LogP contribution >= 0.6 is 0 Å². The molecule has 1 fully saturated rings. The Morgan fingerprint density at radius 1 is 1.04 bits per heavy atom. The fourth-order valence-electron chi connectivity index (χ4n) is 3.89. The summed E-state index contributed by atoms with van der Waals surface area (Å²) in [5.74, 6) is -0.879. The number of anilines is 1. The average Bonchev–Trinajstić information content (AvgIpc) is 2.74. The second-order valence-electron chi connectivity index (χ2n) is 6.62. The van der Waals surface area contributed by atoms with Gasteiger partial charge in [-0.15, -0.1) is 0 Å². The summed E-state index contributed by atoms with van der Waals surface area (Å²) in [5.41, 5.74) is 1.74. The van der Waals surface area contributed by atoms with Crippen molar-refractivity contribution >= 4 is 5.69 Å². The molecule has 0 aromatic heterocycles. The molecule has 1 saturated heterocycles. The highest BCUT2D eigenvalue weighted by atomic mass is 19.4. The number of rotatable bonds is 1. The van der Waals surface area contributed by atoms with Crippen LogP contribution in [-0.2, 0) is 12.6 Å². The molecule has 0 bridgehead atoms. The molecule has 0 saturated carbocycles. The van der Waals surface area contributed by atoms with Crippen molar-refractivity contribution in [3.05, 3.63) is 53.3 Å². The second-order valence-corrected chi connectivity index (χ2v) is 6.62. The molecule has 2 aliphatic heterocycles. The summed E-state index contributed by atoms with van der Waals surface area (Å²) in [5, 5.41) is 3.36. The van der Waals surface area contributed by atoms with Gasteiger partial charge in [0, 0.05) is 24.8 Å². The van der Waals surface area contributed by atoms with E-state index in [4.69, 9.17) is 0 Å². The molecule has 2 nitrogen and oxygen atoms in total. The summed E-state index contributed by atoms with van der Waals surface area (Å²) < 4.78 is 53.3. The van der Waals surface area contributed by atoms with E-state index in [0.29, 0.717) is 17.7 Å². The fourth-order valence-corrected chi connectivity index (χ4v) is 3.89. The van der Waals surface area contributed by atoms with Crippen LogP contribution in [0.15, 0.2) is 36.4 Å². The average molecular weight is 350 g/mol. The fraction of sp³-hybridized carbons (Fsp3) is 0.368. The maximum Gasteiger partial charge on any atom is 0.417 e. The standard InChI is InChI=1S/C19H18F4N2/c20-14-3-4-16(17(11-14)19(21,22)23)12-1-2-13-9-15-5-6-24-7-8-25(15)18(13)10-12/h1-4,10-11,15,24H,5-9H2. The lowest BCUT2D eigenvalue weighted by Crippen LogP contribution is -2.32. The molecule has 2 aliphatic rings. The highest BCUT2D eigenvalue weighted by Crippen LogP contribution is 2.41. The Morgan fingerprint density at radius 2 is 1.88 bits per heavy atom. The zero-order chi connectivity index (χ0) is 17.6. The maximum absolute atomic E-state index is 13.4. The van der Waals surface area contributed by atoms with Crippen molar-refractivity contribution in [1.82, 2.24) is 5.32 Å². The number of halogens is 4. The van der Waals surface area contributed by atoms with Crippen LogP contribution in [0.25, 0.3) is 11.1 Å². The van der Waals surface area contributed by atoms with Crippen LogP contribution in [0, 0.1) is 5.82 Å². The highest BCUT2D eigenvalue weighted by Gasteiger charge is 2.35. The van der Waals surface area contributed by atoms with E-state index in [9.17, 15) is 17.6 Å². The molecule has 4 rings (SSSR count). The zero-order valence-electron chi connectivity index (χ0n) is 13.5. The summed E-state index contributed by atoms with van der Waals surface area (Å²) in [6.07, 6.45) is -2.65. The van der Waals surface area contributed by atoms with Gasteiger partial charge in [-0.25, -0.2) is 4.39 Å². The first-order valence-corrected chi connectivity index (χ1v) is 8.41. The van der Waals surface area contributed by atoms with Crippen molar-refractivity contribution < 1.29 is 17.6 Å². The Balaban J connectivity index is 1.78. The third-order valence-electron chi connectivity index (χ3n) is 5.07. The molecule has 1 unspecified atom stereocenters. The predicted molar refractivity (Wildman–Crippen MR) is 89.2 cm³/mol. The molecule has 2 aromatic rings. The Hall–Kier alpha value is -2.08. The SMILES string of the molecule is Fc1ccc(-c2ccc3c(c2)N2CCNCCC2C3)c(C(F)(F)F)c1. The number of nitrogens with zero attached hydrogens (tertiary/aromatic N) is 1. The van der Waals surface area contributed by atoms with Crippen LogP contribution in [0.3, 0.4) is 0 Å². The molecular weight excluding hydrogens is 332 g/mol. The molecule has 0 aliphatic carbocycles. The van der Waals surface area contributed by atoms with Crippen molar-refractivity contribution in [2.75, 3.05) is 24.5 Å². The van der Waals surface area contributed by atoms with Gasteiger partial charge < -0.3 is 10.2 Å². The van der Waals surface area contributed by atoms with Gasteiger partial charge in [-0.1, -0.05) is 18.2 Å². The number of alkyl halides is 3. The molecule has 25 heavy (non-hydrogen) atoms. The zero-order valence-corrected chi connectivity index (χ0v) is 13.5. The first-order valence-electron chi connectivity index (χ1n) is 8.41. The minimum Gasteiger partial charge on any atom is -0.367 e. The molecule has 1 N–H and O–H groups in total. The van der Waals surface area contributed by atoms with Gasteiger partial charge in [0.1, 0.15) is 5.82 Å². The highest BCUT2D eigenvalue weighted by molar-refractivity contribution is 5.75. The first kappa shape index (κ1) is 16.4. The van der Waals surface area contributed by atoms with Crippen molar-refractivity contribution in [2.45, 2.75) is 25.1 Å². The van der Waals surface area contributed by atoms with E-state index >= 15 is 0 Å². The topological polar surface area (TPSA) is 15.3 Å². The van der Waals surface area contributed by atoms with E-state index in [1.165, 1.54) is 11.6 Å². The Labute approximate surface area is 143 Å². The van der Waals surface area contributed by atoms with Crippen LogP contribution < -0.4 is 10.2 Å². The molecule has 0 spiro atoms. The van der Waals surface area contributed by atoms with E-state index in [-0.39, 0.29) is 5.56 Å². The van der Waals surface area contributed by atoms with E-state index in [0.717, 1.165) is 44.2 Å². The summed E-state index contributed by atoms with van der Waals surface area (Å²) in [7, 11) is 0. The van der Waals surface area contributed by atoms with Crippen molar-refractivity contribution in [3.8, 4) is 11.1 Å². The third kappa shape index (κ3) is 2.99. The predicted octanol–water partition coefficient (Wildman–Crippen LogP) is 4.24. The Kier molecular flexibility index (Phi) is 3.95. The van der Waals surface area contributed by atoms with Crippen molar-refractivity contribution in [3.63, 3.8) is 0 Å². The molecule has 0 radical (unpaired) electrons. The van der Waals surface area contributed by atoms with Gasteiger partial charge in [0.05, 0.1) is 5.56 Å². The van der Waals surface area contributed by atoms with Crippen LogP contribution in [0.4, 0.5) is 23.2 Å². The van der Waals surface area contributed by atoms with Gasteiger partial charge >= 0.3 is 6.18 Å². The van der Waals surface area contributed by atoms with Crippen LogP contribution in [0.1, 0.15) is 17.5 Å². The lowest BCUT2D eigenvalue weighted by Gasteiger charge is -2.25. The van der Waals surface area contributed by atoms with Crippen molar-refractivity contribution in [1.29, 1.82) is 0 Å². The van der Waals surface area contributed by atoms with Crippen molar-refractivity contribution in [2.24, 2.45) is 0 Å². The van der Waals surface area contributed by atoms with E-state index < -0.39 is 17.6 Å². The smallest absolute Gasteiger partial charge is 0.367 e. The first-order chi connectivity index (χ1) is 11.9. The summed E-state index contributed by atoms with van der Waals surface area (Å²) in [6, 6.07) is 8.72. The monoisotopic (exact) mass is 350 g/mol. The molecular formula is C19H18F4N2. The summed E-state index contributed by atoms with van der Waals surface area (Å²) in [4.78, 5) is 2.29. The number of nitrogens with one attached hydrogen (secondary N) is 1. The maximum atomic E-state index is 13.4. The summed E-state index contributed by atoms with van der Waals surface area (Å²) >= 11 is 0. The van der Waals surface area contributed by atoms with Crippen LogP contribution in [0.2, 0.25) is 0 Å². The molecule has 0 amide bonds. The van der Waals surface area contributed by atoms with E-state index in [1.54, 1.807) is 6.07 Å². The minimum absolute atomic E-state index is 0.0214. The van der Waals surface area contributed by atoms with Gasteiger partial charge in [0.15, 0.2) is 0 Å². The molecule has 132 valence electrons. The van der Waals surface area contributed by atoms with Gasteiger partial charge in [-0.2, -0.15) is 13.2 Å². The van der Waals surface area contributed by atoms with E-state index in [1.807, 2.05) is 12.1 Å².